The lowest BCUT2D eigenvalue weighted by Crippen LogP contribution is -2.06. The summed E-state index contributed by atoms with van der Waals surface area (Å²) in [5.41, 5.74) is 3.70. The highest BCUT2D eigenvalue weighted by Gasteiger charge is 2.38. The number of aliphatic hydroxyl groups excluding tert-OH is 1. The molecule has 2 aromatic carbocycles. The maximum Gasteiger partial charge on any atom is 0.363 e. The molecule has 0 aliphatic heterocycles. The Morgan fingerprint density at radius 2 is 1.64 bits per heavy atom. The van der Waals surface area contributed by atoms with Crippen LogP contribution < -0.4 is 0 Å². The molecule has 0 aliphatic carbocycles. The molecule has 1 atom stereocenters. The van der Waals surface area contributed by atoms with Gasteiger partial charge in [-0.15, -0.1) is 0 Å². The van der Waals surface area contributed by atoms with Crippen LogP contribution in [0.4, 0.5) is 0 Å². The number of rotatable bonds is 8. The lowest BCUT2D eigenvalue weighted by Gasteiger charge is -2.22. The van der Waals surface area contributed by atoms with E-state index in [-0.39, 0.29) is 13.2 Å². The van der Waals surface area contributed by atoms with Crippen molar-refractivity contribution in [3.8, 4) is 16.9 Å². The van der Waals surface area contributed by atoms with Crippen molar-refractivity contribution in [3.05, 3.63) is 71.9 Å². The first-order valence-corrected chi connectivity index (χ1v) is 10.9. The lowest BCUT2D eigenvalue weighted by atomic mass is 10.1. The van der Waals surface area contributed by atoms with Crippen LogP contribution in [0.25, 0.3) is 16.9 Å². The molecule has 148 valence electrons. The van der Waals surface area contributed by atoms with E-state index in [9.17, 15) is 9.67 Å². The average molecular weight is 400 g/mol. The molecule has 3 aromatic rings. The Hall–Kier alpha value is -2.24. The topological polar surface area (TPSA) is 73.6 Å². The summed E-state index contributed by atoms with van der Waals surface area (Å²) in [6.07, 6.45) is 1.68. The maximum absolute atomic E-state index is 13.2. The van der Waals surface area contributed by atoms with Crippen molar-refractivity contribution in [2.24, 2.45) is 0 Å². The molecule has 0 fully saturated rings. The fraction of sp³-hybridized carbons (Fsp3) is 0.286. The van der Waals surface area contributed by atoms with Crippen molar-refractivity contribution in [3.63, 3.8) is 0 Å². The standard InChI is InChI=1S/C21H25N2O4P/c1-4-26-28(25,27-5-2)21(24)19-15-23(18-9-7-6-8-10-18)22-20(19)17-13-11-16(3)12-14-17/h6-15,21,24H,4-5H2,1-3H3. The molecule has 0 saturated heterocycles. The third-order valence-corrected chi connectivity index (χ3v) is 6.40. The van der Waals surface area contributed by atoms with Gasteiger partial charge in [-0.1, -0.05) is 48.0 Å². The molecule has 0 amide bonds. The Morgan fingerprint density at radius 1 is 1.04 bits per heavy atom. The van der Waals surface area contributed by atoms with Crippen molar-refractivity contribution in [2.45, 2.75) is 26.6 Å². The number of hydrogen-bond acceptors (Lipinski definition) is 5. The molecule has 28 heavy (non-hydrogen) atoms. The summed E-state index contributed by atoms with van der Waals surface area (Å²) in [5.74, 6) is -1.44. The second-order valence-corrected chi connectivity index (χ2v) is 8.41. The molecule has 0 bridgehead atoms. The molecule has 7 heteroatoms. The minimum Gasteiger partial charge on any atom is -0.376 e. The molecule has 0 radical (unpaired) electrons. The van der Waals surface area contributed by atoms with Crippen LogP contribution in [0.2, 0.25) is 0 Å². The van der Waals surface area contributed by atoms with Crippen molar-refractivity contribution < 1.29 is 18.7 Å². The van der Waals surface area contributed by atoms with Gasteiger partial charge in [0.1, 0.15) is 0 Å². The first-order chi connectivity index (χ1) is 13.5. The van der Waals surface area contributed by atoms with Gasteiger partial charge in [0.05, 0.1) is 24.6 Å². The first-order valence-electron chi connectivity index (χ1n) is 9.27. The summed E-state index contributed by atoms with van der Waals surface area (Å²) in [5, 5.41) is 15.7. The van der Waals surface area contributed by atoms with E-state index in [0.29, 0.717) is 11.3 Å². The molecule has 0 saturated carbocycles. The van der Waals surface area contributed by atoms with Gasteiger partial charge in [0, 0.05) is 17.3 Å². The number of nitrogens with zero attached hydrogens (tertiary/aromatic N) is 2. The van der Waals surface area contributed by atoms with E-state index < -0.39 is 13.4 Å². The minimum atomic E-state index is -3.77. The summed E-state index contributed by atoms with van der Waals surface area (Å²) < 4.78 is 25.5. The third kappa shape index (κ3) is 4.26. The molecule has 3 rings (SSSR count). The van der Waals surface area contributed by atoms with E-state index >= 15 is 0 Å². The predicted molar refractivity (Wildman–Crippen MR) is 110 cm³/mol. The number of aromatic nitrogens is 2. The largest absolute Gasteiger partial charge is 0.376 e. The van der Waals surface area contributed by atoms with Crippen molar-refractivity contribution in [1.29, 1.82) is 0 Å². The maximum atomic E-state index is 13.2. The van der Waals surface area contributed by atoms with Crippen LogP contribution in [0.1, 0.15) is 30.8 Å². The number of para-hydroxylation sites is 1. The summed E-state index contributed by atoms with van der Waals surface area (Å²) in [6.45, 7) is 5.77. The van der Waals surface area contributed by atoms with Gasteiger partial charge < -0.3 is 14.2 Å². The van der Waals surface area contributed by atoms with Crippen LogP contribution in [0, 0.1) is 6.92 Å². The molecule has 0 aliphatic rings. The normalized spacial score (nSPS) is 12.9. The van der Waals surface area contributed by atoms with E-state index in [2.05, 4.69) is 5.10 Å². The summed E-state index contributed by atoms with van der Waals surface area (Å²) in [4.78, 5) is 0. The molecule has 1 heterocycles. The fourth-order valence-electron chi connectivity index (χ4n) is 2.93. The Morgan fingerprint density at radius 3 is 2.21 bits per heavy atom. The smallest absolute Gasteiger partial charge is 0.363 e. The number of hydrogen-bond donors (Lipinski definition) is 1. The molecule has 1 N–H and O–H groups in total. The van der Waals surface area contributed by atoms with Gasteiger partial charge >= 0.3 is 7.60 Å². The van der Waals surface area contributed by atoms with E-state index in [1.54, 1.807) is 24.7 Å². The highest BCUT2D eigenvalue weighted by atomic mass is 31.2. The van der Waals surface area contributed by atoms with E-state index in [0.717, 1.165) is 16.8 Å². The van der Waals surface area contributed by atoms with Gasteiger partial charge in [-0.3, -0.25) is 4.57 Å². The zero-order chi connectivity index (χ0) is 20.1. The summed E-state index contributed by atoms with van der Waals surface area (Å²) in [6, 6.07) is 17.3. The first kappa shape index (κ1) is 20.5. The second kappa shape index (κ2) is 8.84. The van der Waals surface area contributed by atoms with Crippen LogP contribution >= 0.6 is 7.60 Å². The molecular formula is C21H25N2O4P. The van der Waals surface area contributed by atoms with E-state index in [4.69, 9.17) is 9.05 Å². The molecule has 1 unspecified atom stereocenters. The zero-order valence-electron chi connectivity index (χ0n) is 16.3. The quantitative estimate of drug-likeness (QED) is 0.532. The highest BCUT2D eigenvalue weighted by molar-refractivity contribution is 7.54. The predicted octanol–water partition coefficient (Wildman–Crippen LogP) is 5.10. The van der Waals surface area contributed by atoms with Crippen LogP contribution in [-0.4, -0.2) is 28.1 Å². The van der Waals surface area contributed by atoms with Crippen LogP contribution in [0.15, 0.2) is 60.8 Å². The number of aliphatic hydroxyl groups is 1. The number of aryl methyl sites for hydroxylation is 1. The lowest BCUT2D eigenvalue weighted by molar-refractivity contribution is 0.150. The Kier molecular flexibility index (Phi) is 6.47. The Bertz CT molecular complexity index is 944. The van der Waals surface area contributed by atoms with Crippen molar-refractivity contribution >= 4 is 7.60 Å². The Balaban J connectivity index is 2.13. The minimum absolute atomic E-state index is 0.168. The van der Waals surface area contributed by atoms with Crippen LogP contribution in [0.3, 0.4) is 0 Å². The third-order valence-electron chi connectivity index (χ3n) is 4.28. The van der Waals surface area contributed by atoms with Crippen LogP contribution in [0.5, 0.6) is 0 Å². The van der Waals surface area contributed by atoms with Gasteiger partial charge in [0.25, 0.3) is 0 Å². The monoisotopic (exact) mass is 400 g/mol. The second-order valence-electron chi connectivity index (χ2n) is 6.33. The van der Waals surface area contributed by atoms with Gasteiger partial charge in [0.2, 0.25) is 0 Å². The van der Waals surface area contributed by atoms with Gasteiger partial charge in [0.15, 0.2) is 5.85 Å². The van der Waals surface area contributed by atoms with E-state index in [1.807, 2.05) is 61.5 Å². The molecular weight excluding hydrogens is 375 g/mol. The SMILES string of the molecule is CCOP(=O)(OCC)C(O)c1cn(-c2ccccc2)nc1-c1ccc(C)cc1. The van der Waals surface area contributed by atoms with Gasteiger partial charge in [-0.2, -0.15) is 5.10 Å². The fourth-order valence-corrected chi connectivity index (χ4v) is 4.54. The van der Waals surface area contributed by atoms with Gasteiger partial charge in [-0.25, -0.2) is 4.68 Å². The molecule has 6 nitrogen and oxygen atoms in total. The summed E-state index contributed by atoms with van der Waals surface area (Å²) in [7, 11) is -3.77. The molecule has 0 spiro atoms. The zero-order valence-corrected chi connectivity index (χ0v) is 17.2. The van der Waals surface area contributed by atoms with Crippen LogP contribution in [-0.2, 0) is 13.6 Å². The average Bonchev–Trinajstić information content (AvgIpc) is 3.14. The van der Waals surface area contributed by atoms with Gasteiger partial charge in [-0.05, 0) is 32.9 Å². The molecule has 1 aromatic heterocycles. The van der Waals surface area contributed by atoms with E-state index in [1.165, 1.54) is 0 Å². The summed E-state index contributed by atoms with van der Waals surface area (Å²) >= 11 is 0. The van der Waals surface area contributed by atoms with Crippen molar-refractivity contribution in [1.82, 2.24) is 9.78 Å². The van der Waals surface area contributed by atoms with Crippen molar-refractivity contribution in [2.75, 3.05) is 13.2 Å². The number of benzene rings is 2. The highest BCUT2D eigenvalue weighted by Crippen LogP contribution is 2.60. The Labute approximate surface area is 165 Å².